The molecular weight excluding hydrogens is 224 g/mol. The summed E-state index contributed by atoms with van der Waals surface area (Å²) in [5.41, 5.74) is 0.173. The molecule has 6 nitrogen and oxygen atoms in total. The molecule has 6 heteroatoms. The minimum atomic E-state index is -0.980. The Morgan fingerprint density at radius 2 is 2.24 bits per heavy atom. The lowest BCUT2D eigenvalue weighted by atomic mass is 10.3. The summed E-state index contributed by atoms with van der Waals surface area (Å²) in [5, 5.41) is 11.7. The normalized spacial score (nSPS) is 10.2. The second-order valence-corrected chi connectivity index (χ2v) is 3.27. The summed E-state index contributed by atoms with van der Waals surface area (Å²) in [6.07, 6.45) is 1.32. The van der Waals surface area contributed by atoms with Gasteiger partial charge in [0.25, 0.3) is 0 Å². The topological polar surface area (TPSA) is 80.7 Å². The first-order chi connectivity index (χ1) is 8.24. The molecular formula is C11H16N2O4. The van der Waals surface area contributed by atoms with E-state index in [1.165, 1.54) is 12.3 Å². The quantitative estimate of drug-likeness (QED) is 0.656. The first-order valence-electron chi connectivity index (χ1n) is 5.24. The summed E-state index contributed by atoms with van der Waals surface area (Å²) in [6, 6.07) is 3.13. The summed E-state index contributed by atoms with van der Waals surface area (Å²) in [4.78, 5) is 14.5. The SMILES string of the molecule is COCCOCCNc1ccc(C(=O)O)cn1. The number of aromatic nitrogens is 1. The van der Waals surface area contributed by atoms with Crippen LogP contribution in [0.15, 0.2) is 18.3 Å². The van der Waals surface area contributed by atoms with E-state index in [4.69, 9.17) is 14.6 Å². The average molecular weight is 240 g/mol. The van der Waals surface area contributed by atoms with Crippen LogP contribution < -0.4 is 5.32 Å². The molecule has 0 aliphatic rings. The van der Waals surface area contributed by atoms with E-state index in [-0.39, 0.29) is 5.56 Å². The number of hydrogen-bond acceptors (Lipinski definition) is 5. The van der Waals surface area contributed by atoms with E-state index >= 15 is 0 Å². The third kappa shape index (κ3) is 5.28. The van der Waals surface area contributed by atoms with Crippen LogP contribution in [-0.4, -0.2) is 49.5 Å². The molecule has 0 aliphatic carbocycles. The maximum Gasteiger partial charge on any atom is 0.337 e. The van der Waals surface area contributed by atoms with Crippen molar-refractivity contribution < 1.29 is 19.4 Å². The average Bonchev–Trinajstić information content (AvgIpc) is 2.34. The van der Waals surface area contributed by atoms with Crippen LogP contribution >= 0.6 is 0 Å². The Balaban J connectivity index is 2.21. The Labute approximate surface area is 99.6 Å². The third-order valence-electron chi connectivity index (χ3n) is 1.99. The summed E-state index contributed by atoms with van der Waals surface area (Å²) in [6.45, 7) is 2.30. The highest BCUT2D eigenvalue weighted by Crippen LogP contribution is 2.04. The Kier molecular flexibility index (Phi) is 5.98. The molecule has 0 saturated heterocycles. The minimum Gasteiger partial charge on any atom is -0.478 e. The van der Waals surface area contributed by atoms with Gasteiger partial charge in [-0.2, -0.15) is 0 Å². The fourth-order valence-corrected chi connectivity index (χ4v) is 1.12. The number of hydrogen-bond donors (Lipinski definition) is 2. The van der Waals surface area contributed by atoms with Gasteiger partial charge in [-0.15, -0.1) is 0 Å². The lowest BCUT2D eigenvalue weighted by Crippen LogP contribution is -2.12. The van der Waals surface area contributed by atoms with Gasteiger partial charge in [0.2, 0.25) is 0 Å². The summed E-state index contributed by atoms with van der Waals surface area (Å²) < 4.78 is 10.1. The van der Waals surface area contributed by atoms with Crippen molar-refractivity contribution in [2.24, 2.45) is 0 Å². The first kappa shape index (κ1) is 13.4. The Hall–Kier alpha value is -1.66. The molecule has 0 unspecified atom stereocenters. The Morgan fingerprint density at radius 3 is 2.82 bits per heavy atom. The molecule has 1 heterocycles. The van der Waals surface area contributed by atoms with Crippen LogP contribution in [0.5, 0.6) is 0 Å². The van der Waals surface area contributed by atoms with Crippen LogP contribution in [0.2, 0.25) is 0 Å². The number of nitrogens with zero attached hydrogens (tertiary/aromatic N) is 1. The molecule has 0 bridgehead atoms. The van der Waals surface area contributed by atoms with E-state index in [2.05, 4.69) is 10.3 Å². The van der Waals surface area contributed by atoms with Gasteiger partial charge in [-0.1, -0.05) is 0 Å². The van der Waals surface area contributed by atoms with Gasteiger partial charge in [0.15, 0.2) is 0 Å². The highest BCUT2D eigenvalue weighted by atomic mass is 16.5. The molecule has 1 aromatic heterocycles. The van der Waals surface area contributed by atoms with Gasteiger partial charge in [-0.3, -0.25) is 0 Å². The number of methoxy groups -OCH3 is 1. The largest absolute Gasteiger partial charge is 0.478 e. The molecule has 0 aliphatic heterocycles. The van der Waals surface area contributed by atoms with Crippen molar-refractivity contribution in [2.75, 3.05) is 38.8 Å². The number of anilines is 1. The van der Waals surface area contributed by atoms with Crippen LogP contribution in [0, 0.1) is 0 Å². The Morgan fingerprint density at radius 1 is 1.41 bits per heavy atom. The van der Waals surface area contributed by atoms with E-state index in [9.17, 15) is 4.79 Å². The predicted molar refractivity (Wildman–Crippen MR) is 62.4 cm³/mol. The van der Waals surface area contributed by atoms with E-state index in [0.29, 0.717) is 32.2 Å². The molecule has 0 amide bonds. The molecule has 0 saturated carbocycles. The summed E-state index contributed by atoms with van der Waals surface area (Å²) in [7, 11) is 1.62. The third-order valence-corrected chi connectivity index (χ3v) is 1.99. The number of carboxylic acid groups (broad SMARTS) is 1. The number of carboxylic acids is 1. The zero-order valence-corrected chi connectivity index (χ0v) is 9.68. The zero-order chi connectivity index (χ0) is 12.5. The fourth-order valence-electron chi connectivity index (χ4n) is 1.12. The maximum absolute atomic E-state index is 10.6. The molecule has 94 valence electrons. The lowest BCUT2D eigenvalue weighted by molar-refractivity contribution is 0.0696. The van der Waals surface area contributed by atoms with E-state index in [0.717, 1.165) is 0 Å². The molecule has 0 spiro atoms. The predicted octanol–water partition coefficient (Wildman–Crippen LogP) is 0.855. The van der Waals surface area contributed by atoms with Gasteiger partial charge in [0.05, 0.1) is 25.4 Å². The number of ether oxygens (including phenoxy) is 2. The highest BCUT2D eigenvalue weighted by molar-refractivity contribution is 5.87. The van der Waals surface area contributed by atoms with E-state index in [1.54, 1.807) is 13.2 Å². The second kappa shape index (κ2) is 7.59. The monoisotopic (exact) mass is 240 g/mol. The molecule has 1 rings (SSSR count). The van der Waals surface area contributed by atoms with Gasteiger partial charge in [0, 0.05) is 19.9 Å². The van der Waals surface area contributed by atoms with Crippen LogP contribution in [0.25, 0.3) is 0 Å². The molecule has 0 aromatic carbocycles. The standard InChI is InChI=1S/C11H16N2O4/c1-16-6-7-17-5-4-12-10-3-2-9(8-13-10)11(14)15/h2-3,8H,4-7H2,1H3,(H,12,13)(H,14,15). The van der Waals surface area contributed by atoms with Crippen molar-refractivity contribution in [2.45, 2.75) is 0 Å². The van der Waals surface area contributed by atoms with Crippen molar-refractivity contribution in [1.82, 2.24) is 4.98 Å². The van der Waals surface area contributed by atoms with Crippen molar-refractivity contribution in [3.63, 3.8) is 0 Å². The smallest absolute Gasteiger partial charge is 0.337 e. The summed E-state index contributed by atoms with van der Waals surface area (Å²) in [5.74, 6) is -0.350. The van der Waals surface area contributed by atoms with E-state index < -0.39 is 5.97 Å². The highest BCUT2D eigenvalue weighted by Gasteiger charge is 2.02. The van der Waals surface area contributed by atoms with Crippen molar-refractivity contribution >= 4 is 11.8 Å². The van der Waals surface area contributed by atoms with Crippen molar-refractivity contribution in [3.05, 3.63) is 23.9 Å². The molecule has 1 aromatic rings. The minimum absolute atomic E-state index is 0.173. The van der Waals surface area contributed by atoms with Crippen molar-refractivity contribution in [3.8, 4) is 0 Å². The zero-order valence-electron chi connectivity index (χ0n) is 9.68. The molecule has 0 atom stereocenters. The maximum atomic E-state index is 10.6. The van der Waals surface area contributed by atoms with Gasteiger partial charge in [-0.05, 0) is 12.1 Å². The van der Waals surface area contributed by atoms with Crippen LogP contribution in [0.3, 0.4) is 0 Å². The second-order valence-electron chi connectivity index (χ2n) is 3.27. The molecule has 0 fully saturated rings. The number of carbonyl (C=O) groups is 1. The van der Waals surface area contributed by atoms with Gasteiger partial charge >= 0.3 is 5.97 Å². The van der Waals surface area contributed by atoms with E-state index in [1.807, 2.05) is 0 Å². The lowest BCUT2D eigenvalue weighted by Gasteiger charge is -2.06. The number of pyridine rings is 1. The Bertz CT molecular complexity index is 340. The van der Waals surface area contributed by atoms with Gasteiger partial charge in [0.1, 0.15) is 5.82 Å². The van der Waals surface area contributed by atoms with Crippen LogP contribution in [-0.2, 0) is 9.47 Å². The number of nitrogens with one attached hydrogen (secondary N) is 1. The van der Waals surface area contributed by atoms with Crippen molar-refractivity contribution in [1.29, 1.82) is 0 Å². The van der Waals surface area contributed by atoms with Gasteiger partial charge in [-0.25, -0.2) is 9.78 Å². The number of aromatic carboxylic acids is 1. The van der Waals surface area contributed by atoms with Crippen LogP contribution in [0.1, 0.15) is 10.4 Å². The number of rotatable bonds is 8. The summed E-state index contributed by atoms with van der Waals surface area (Å²) >= 11 is 0. The first-order valence-corrected chi connectivity index (χ1v) is 5.24. The van der Waals surface area contributed by atoms with Crippen LogP contribution in [0.4, 0.5) is 5.82 Å². The molecule has 17 heavy (non-hydrogen) atoms. The van der Waals surface area contributed by atoms with Gasteiger partial charge < -0.3 is 19.9 Å². The molecule has 2 N–H and O–H groups in total. The molecule has 0 radical (unpaired) electrons. The fraction of sp³-hybridized carbons (Fsp3) is 0.455.